The van der Waals surface area contributed by atoms with E-state index in [9.17, 15) is 13.2 Å². The van der Waals surface area contributed by atoms with E-state index >= 15 is 0 Å². The van der Waals surface area contributed by atoms with Gasteiger partial charge in [0, 0.05) is 25.9 Å². The fourth-order valence-corrected chi connectivity index (χ4v) is 3.79. The Hall–Kier alpha value is -2.67. The highest BCUT2D eigenvalue weighted by molar-refractivity contribution is 5.25. The lowest BCUT2D eigenvalue weighted by Crippen LogP contribution is -2.13. The maximum Gasteiger partial charge on any atom is 0.416 e. The van der Waals surface area contributed by atoms with Gasteiger partial charge in [0.25, 0.3) is 0 Å². The van der Waals surface area contributed by atoms with E-state index < -0.39 is 11.7 Å². The van der Waals surface area contributed by atoms with E-state index in [0.29, 0.717) is 19.0 Å². The average Bonchev–Trinajstić information content (AvgIpc) is 3.28. The average molecular weight is 474 g/mol. The van der Waals surface area contributed by atoms with Gasteiger partial charge in [-0.1, -0.05) is 80.6 Å². The SMILES string of the molecule is CCCCCCCCc1noc(CCc2ccc(CNCc3ccc(C(F)(F)F)cc3)cc2)n1. The summed E-state index contributed by atoms with van der Waals surface area (Å²) in [5.41, 5.74) is 2.51. The molecule has 0 aliphatic carbocycles. The quantitative estimate of drug-likeness (QED) is 0.255. The standard InChI is InChI=1S/C27H34F3N3O/c1-2-3-4-5-6-7-8-25-32-26(34-33-25)18-15-21-9-11-22(12-10-21)19-31-20-23-13-16-24(17-14-23)27(28,29)30/h9-14,16-17,31H,2-8,15,18-20H2,1H3. The first-order valence-electron chi connectivity index (χ1n) is 12.2. The number of nitrogens with zero attached hydrogens (tertiary/aromatic N) is 2. The number of benzene rings is 2. The monoisotopic (exact) mass is 473 g/mol. The molecule has 184 valence electrons. The van der Waals surface area contributed by atoms with Gasteiger partial charge in [-0.05, 0) is 41.7 Å². The van der Waals surface area contributed by atoms with E-state index in [1.165, 1.54) is 49.8 Å². The van der Waals surface area contributed by atoms with E-state index in [1.54, 1.807) is 0 Å². The molecule has 3 aromatic rings. The number of hydrogen-bond acceptors (Lipinski definition) is 4. The van der Waals surface area contributed by atoms with Crippen LogP contribution < -0.4 is 5.32 Å². The van der Waals surface area contributed by atoms with Crippen molar-refractivity contribution in [1.82, 2.24) is 15.5 Å². The molecule has 0 radical (unpaired) electrons. The third kappa shape index (κ3) is 8.93. The van der Waals surface area contributed by atoms with E-state index in [2.05, 4.69) is 46.6 Å². The largest absolute Gasteiger partial charge is 0.416 e. The molecule has 0 saturated carbocycles. The second-order valence-corrected chi connectivity index (χ2v) is 8.74. The molecule has 0 atom stereocenters. The van der Waals surface area contributed by atoms with Crippen molar-refractivity contribution in [3.8, 4) is 0 Å². The fourth-order valence-electron chi connectivity index (χ4n) is 3.79. The minimum atomic E-state index is -4.30. The van der Waals surface area contributed by atoms with Crippen LogP contribution in [0.3, 0.4) is 0 Å². The van der Waals surface area contributed by atoms with Gasteiger partial charge in [0.05, 0.1) is 5.56 Å². The van der Waals surface area contributed by atoms with Gasteiger partial charge in [-0.15, -0.1) is 0 Å². The molecule has 0 amide bonds. The zero-order valence-corrected chi connectivity index (χ0v) is 19.8. The molecule has 3 rings (SSSR count). The van der Waals surface area contributed by atoms with Crippen molar-refractivity contribution in [2.24, 2.45) is 0 Å². The van der Waals surface area contributed by atoms with Crippen molar-refractivity contribution in [2.75, 3.05) is 0 Å². The molecule has 4 nitrogen and oxygen atoms in total. The Morgan fingerprint density at radius 2 is 1.32 bits per heavy atom. The predicted molar refractivity (Wildman–Crippen MR) is 127 cm³/mol. The number of rotatable bonds is 14. The van der Waals surface area contributed by atoms with Crippen LogP contribution in [0.25, 0.3) is 0 Å². The smallest absolute Gasteiger partial charge is 0.339 e. The molecular weight excluding hydrogens is 439 g/mol. The molecule has 34 heavy (non-hydrogen) atoms. The Morgan fingerprint density at radius 1 is 0.735 bits per heavy atom. The number of halogens is 3. The number of alkyl halides is 3. The minimum Gasteiger partial charge on any atom is -0.339 e. The maximum absolute atomic E-state index is 12.6. The van der Waals surface area contributed by atoms with Crippen LogP contribution in [0.2, 0.25) is 0 Å². The molecule has 7 heteroatoms. The molecule has 1 aromatic heterocycles. The first-order chi connectivity index (χ1) is 16.4. The van der Waals surface area contributed by atoms with Crippen LogP contribution in [-0.4, -0.2) is 10.1 Å². The summed E-state index contributed by atoms with van der Waals surface area (Å²) < 4.78 is 43.3. The van der Waals surface area contributed by atoms with Crippen molar-refractivity contribution in [2.45, 2.75) is 84.0 Å². The predicted octanol–water partition coefficient (Wildman–Crippen LogP) is 7.07. The van der Waals surface area contributed by atoms with Crippen molar-refractivity contribution in [3.05, 3.63) is 82.5 Å². The van der Waals surface area contributed by atoms with Crippen LogP contribution in [0.4, 0.5) is 13.2 Å². The second-order valence-electron chi connectivity index (χ2n) is 8.74. The minimum absolute atomic E-state index is 0.512. The second kappa shape index (κ2) is 13.3. The first kappa shape index (κ1) is 25.9. The Morgan fingerprint density at radius 3 is 1.97 bits per heavy atom. The van der Waals surface area contributed by atoms with Crippen molar-refractivity contribution in [1.29, 1.82) is 0 Å². The number of nitrogens with one attached hydrogen (secondary N) is 1. The number of unbranched alkanes of at least 4 members (excludes halogenated alkanes) is 5. The summed E-state index contributed by atoms with van der Waals surface area (Å²) in [4.78, 5) is 4.51. The highest BCUT2D eigenvalue weighted by atomic mass is 19.4. The Balaban J connectivity index is 1.34. The normalized spacial score (nSPS) is 11.8. The number of aromatic nitrogens is 2. The first-order valence-corrected chi connectivity index (χ1v) is 12.2. The third-order valence-corrected chi connectivity index (χ3v) is 5.85. The molecule has 0 aliphatic rings. The van der Waals surface area contributed by atoms with Gasteiger partial charge in [0.2, 0.25) is 5.89 Å². The maximum atomic E-state index is 12.6. The lowest BCUT2D eigenvalue weighted by Gasteiger charge is -2.09. The van der Waals surface area contributed by atoms with Crippen LogP contribution in [0.5, 0.6) is 0 Å². The summed E-state index contributed by atoms with van der Waals surface area (Å²) in [5, 5.41) is 7.37. The van der Waals surface area contributed by atoms with Crippen LogP contribution >= 0.6 is 0 Å². The number of hydrogen-bond donors (Lipinski definition) is 1. The Bertz CT molecular complexity index is 966. The van der Waals surface area contributed by atoms with Gasteiger partial charge >= 0.3 is 6.18 Å². The summed E-state index contributed by atoms with van der Waals surface area (Å²) in [5.74, 6) is 1.49. The van der Waals surface area contributed by atoms with E-state index in [4.69, 9.17) is 4.52 Å². The molecule has 0 fully saturated rings. The van der Waals surface area contributed by atoms with Crippen LogP contribution in [0, 0.1) is 0 Å². The molecule has 0 aliphatic heterocycles. The zero-order chi connectivity index (χ0) is 24.2. The topological polar surface area (TPSA) is 51.0 Å². The van der Waals surface area contributed by atoms with Gasteiger partial charge in [0.15, 0.2) is 5.82 Å². The Kier molecular flexibility index (Phi) is 10.1. The van der Waals surface area contributed by atoms with Gasteiger partial charge < -0.3 is 9.84 Å². The molecule has 0 unspecified atom stereocenters. The molecule has 2 aromatic carbocycles. The van der Waals surface area contributed by atoms with Gasteiger partial charge in [-0.25, -0.2) is 0 Å². The van der Waals surface area contributed by atoms with Crippen molar-refractivity contribution in [3.63, 3.8) is 0 Å². The third-order valence-electron chi connectivity index (χ3n) is 5.85. The molecular formula is C27H34F3N3O. The summed E-state index contributed by atoms with van der Waals surface area (Å²) in [6.45, 7) is 3.38. The van der Waals surface area contributed by atoms with Crippen LogP contribution in [0.15, 0.2) is 53.1 Å². The summed E-state index contributed by atoms with van der Waals surface area (Å²) >= 11 is 0. The van der Waals surface area contributed by atoms with Crippen LogP contribution in [-0.2, 0) is 38.5 Å². The summed E-state index contributed by atoms with van der Waals surface area (Å²) in [7, 11) is 0. The summed E-state index contributed by atoms with van der Waals surface area (Å²) in [6.07, 6.45) is 5.61. The van der Waals surface area contributed by atoms with E-state index in [1.807, 2.05) is 0 Å². The Labute approximate surface area is 200 Å². The van der Waals surface area contributed by atoms with Gasteiger partial charge in [0.1, 0.15) is 0 Å². The van der Waals surface area contributed by atoms with Gasteiger partial charge in [-0.2, -0.15) is 18.2 Å². The van der Waals surface area contributed by atoms with E-state index in [0.717, 1.165) is 54.8 Å². The fraction of sp³-hybridized carbons (Fsp3) is 0.481. The zero-order valence-electron chi connectivity index (χ0n) is 19.8. The molecule has 0 bridgehead atoms. The lowest BCUT2D eigenvalue weighted by molar-refractivity contribution is -0.137. The molecule has 0 spiro atoms. The van der Waals surface area contributed by atoms with Crippen molar-refractivity contribution < 1.29 is 17.7 Å². The van der Waals surface area contributed by atoms with Crippen LogP contribution in [0.1, 0.15) is 79.4 Å². The van der Waals surface area contributed by atoms with Gasteiger partial charge in [-0.3, -0.25) is 0 Å². The van der Waals surface area contributed by atoms with Crippen molar-refractivity contribution >= 4 is 0 Å². The summed E-state index contributed by atoms with van der Waals surface area (Å²) in [6, 6.07) is 13.6. The molecule has 1 heterocycles. The highest BCUT2D eigenvalue weighted by Gasteiger charge is 2.29. The van der Waals surface area contributed by atoms with E-state index in [-0.39, 0.29) is 0 Å². The number of aryl methyl sites for hydroxylation is 3. The lowest BCUT2D eigenvalue weighted by atomic mass is 10.1. The molecule has 1 N–H and O–H groups in total. The highest BCUT2D eigenvalue weighted by Crippen LogP contribution is 2.29. The molecule has 0 saturated heterocycles.